The van der Waals surface area contributed by atoms with Crippen LogP contribution in [0.3, 0.4) is 0 Å². The summed E-state index contributed by atoms with van der Waals surface area (Å²) >= 11 is 0. The second kappa shape index (κ2) is 3.66. The molecule has 3 rings (SSSR count). The molecule has 0 radical (unpaired) electrons. The van der Waals surface area contributed by atoms with Crippen molar-refractivity contribution in [2.24, 2.45) is 0 Å². The zero-order valence-corrected chi connectivity index (χ0v) is 10.6. The first-order valence-electron chi connectivity index (χ1n) is 5.84. The lowest BCUT2D eigenvalue weighted by Gasteiger charge is -2.32. The summed E-state index contributed by atoms with van der Waals surface area (Å²) in [5.74, 6) is 0.605. The molecule has 0 spiro atoms. The van der Waals surface area contributed by atoms with Crippen LogP contribution < -0.4 is 0 Å². The summed E-state index contributed by atoms with van der Waals surface area (Å²) in [7, 11) is 3.74. The number of rotatable bonds is 1. The number of nitrogens with zero attached hydrogens (tertiary/aromatic N) is 3. The van der Waals surface area contributed by atoms with Gasteiger partial charge < -0.3 is 14.3 Å². The van der Waals surface area contributed by atoms with Crippen LogP contribution in [0.1, 0.15) is 18.7 Å². The predicted octanol–water partition coefficient (Wildman–Crippen LogP) is 1.75. The van der Waals surface area contributed by atoms with Crippen molar-refractivity contribution < 1.29 is 9.74 Å². The number of aromatic nitrogens is 1. The van der Waals surface area contributed by atoms with Gasteiger partial charge in [-0.05, 0) is 30.7 Å². The van der Waals surface area contributed by atoms with Crippen molar-refractivity contribution in [1.82, 2.24) is 9.47 Å². The number of hydrogen-bond acceptors (Lipinski definition) is 3. The van der Waals surface area contributed by atoms with Crippen LogP contribution in [0.15, 0.2) is 35.9 Å². The van der Waals surface area contributed by atoms with Gasteiger partial charge in [0.1, 0.15) is 11.9 Å². The maximum Gasteiger partial charge on any atom is 0.272 e. The fraction of sp³-hybridized carbons (Fsp3) is 0.308. The van der Waals surface area contributed by atoms with Gasteiger partial charge in [-0.3, -0.25) is 5.21 Å². The molecule has 3 heterocycles. The van der Waals surface area contributed by atoms with E-state index < -0.39 is 0 Å². The van der Waals surface area contributed by atoms with Crippen molar-refractivity contribution in [3.63, 3.8) is 0 Å². The second-order valence-electron chi connectivity index (χ2n) is 4.73. The van der Waals surface area contributed by atoms with Crippen LogP contribution >= 0.6 is 0 Å². The monoisotopic (exact) mass is 245 g/mol. The molecule has 0 unspecified atom stereocenters. The quantitative estimate of drug-likeness (QED) is 0.708. The molecule has 18 heavy (non-hydrogen) atoms. The lowest BCUT2D eigenvalue weighted by atomic mass is 9.99. The summed E-state index contributed by atoms with van der Waals surface area (Å²) in [6.07, 6.45) is 5.73. The molecule has 0 aliphatic carbocycles. The Kier molecular flexibility index (Phi) is 2.23. The van der Waals surface area contributed by atoms with Gasteiger partial charge in [0, 0.05) is 37.0 Å². The zero-order valence-electron chi connectivity index (χ0n) is 10.6. The van der Waals surface area contributed by atoms with E-state index >= 15 is 0 Å². The van der Waals surface area contributed by atoms with Crippen molar-refractivity contribution in [2.75, 3.05) is 14.1 Å². The minimum atomic E-state index is -0.0800. The number of hydrogen-bond donors (Lipinski definition) is 0. The van der Waals surface area contributed by atoms with Crippen molar-refractivity contribution in [1.29, 1.82) is 0 Å². The Morgan fingerprint density at radius 3 is 2.89 bits per heavy atom. The first-order chi connectivity index (χ1) is 8.59. The summed E-state index contributed by atoms with van der Waals surface area (Å²) in [5, 5.41) is 12.0. The highest BCUT2D eigenvalue weighted by molar-refractivity contribution is 6.01. The van der Waals surface area contributed by atoms with E-state index in [1.165, 1.54) is 0 Å². The van der Waals surface area contributed by atoms with Crippen LogP contribution in [0, 0.1) is 5.21 Å². The van der Waals surface area contributed by atoms with Crippen LogP contribution in [0.4, 0.5) is 0 Å². The molecule has 1 aromatic rings. The van der Waals surface area contributed by atoms with Gasteiger partial charge in [0.15, 0.2) is 0 Å². The minimum Gasteiger partial charge on any atom is -0.367 e. The van der Waals surface area contributed by atoms with Crippen LogP contribution in [0.25, 0.3) is 6.08 Å². The summed E-state index contributed by atoms with van der Waals surface area (Å²) < 4.78 is 2.08. The Bertz CT molecular complexity index is 593. The number of allylic oxidation sites excluding steroid dienone is 2. The van der Waals surface area contributed by atoms with Gasteiger partial charge in [-0.2, -0.15) is 0 Å². The summed E-state index contributed by atoms with van der Waals surface area (Å²) in [6, 6.07) is 3.93. The third-order valence-corrected chi connectivity index (χ3v) is 3.33. The van der Waals surface area contributed by atoms with Gasteiger partial charge in [0.2, 0.25) is 0 Å². The van der Waals surface area contributed by atoms with Gasteiger partial charge in [0.25, 0.3) is 5.71 Å². The molecule has 0 saturated heterocycles. The maximum absolute atomic E-state index is 12.0. The van der Waals surface area contributed by atoms with Gasteiger partial charge in [-0.1, -0.05) is 0 Å². The molecular formula is C13H15N3O2. The molecule has 94 valence electrons. The fourth-order valence-corrected chi connectivity index (χ4v) is 2.53. The minimum absolute atomic E-state index is 0.0800. The van der Waals surface area contributed by atoms with Crippen LogP contribution in [0.2, 0.25) is 0 Å². The standard InChI is InChI=1S/C13H15N3O2/c1-9-12-11(16(17)18-13(9)14(2)3)7-6-10-5-4-8-15(10)12/h4-8,12H,1-3H3/t12-/m0/s1. The topological polar surface area (TPSA) is 43.5 Å². The highest BCUT2D eigenvalue weighted by Crippen LogP contribution is 2.32. The molecule has 0 N–H and O–H groups in total. The van der Waals surface area contributed by atoms with Crippen LogP contribution in [0.5, 0.6) is 0 Å². The van der Waals surface area contributed by atoms with E-state index in [0.717, 1.165) is 11.3 Å². The van der Waals surface area contributed by atoms with E-state index in [-0.39, 0.29) is 6.04 Å². The Morgan fingerprint density at radius 2 is 2.17 bits per heavy atom. The molecule has 0 fully saturated rings. The van der Waals surface area contributed by atoms with Crippen molar-refractivity contribution in [2.45, 2.75) is 13.0 Å². The fourth-order valence-electron chi connectivity index (χ4n) is 2.53. The van der Waals surface area contributed by atoms with Gasteiger partial charge in [-0.15, -0.1) is 0 Å². The average Bonchev–Trinajstić information content (AvgIpc) is 2.80. The van der Waals surface area contributed by atoms with E-state index in [4.69, 9.17) is 4.84 Å². The van der Waals surface area contributed by atoms with E-state index in [9.17, 15) is 5.21 Å². The average molecular weight is 245 g/mol. The Morgan fingerprint density at radius 1 is 1.39 bits per heavy atom. The molecule has 0 aromatic carbocycles. The molecule has 2 aliphatic rings. The van der Waals surface area contributed by atoms with E-state index in [1.54, 1.807) is 0 Å². The highest BCUT2D eigenvalue weighted by Gasteiger charge is 2.36. The molecule has 5 heteroatoms. The maximum atomic E-state index is 12.0. The molecule has 0 amide bonds. The lowest BCUT2D eigenvalue weighted by molar-refractivity contribution is -0.733. The molecule has 2 aliphatic heterocycles. The lowest BCUT2D eigenvalue weighted by Crippen LogP contribution is -2.36. The van der Waals surface area contributed by atoms with Gasteiger partial charge in [-0.25, -0.2) is 0 Å². The smallest absolute Gasteiger partial charge is 0.272 e. The van der Waals surface area contributed by atoms with Crippen molar-refractivity contribution in [3.05, 3.63) is 46.8 Å². The van der Waals surface area contributed by atoms with E-state index in [2.05, 4.69) is 4.57 Å². The third kappa shape index (κ3) is 1.37. The summed E-state index contributed by atoms with van der Waals surface area (Å²) in [4.78, 5) is 7.72. The van der Waals surface area contributed by atoms with E-state index in [0.29, 0.717) is 16.5 Å². The summed E-state index contributed by atoms with van der Waals surface area (Å²) in [5.41, 5.74) is 2.74. The Labute approximate surface area is 105 Å². The Balaban J connectivity index is 2.19. The van der Waals surface area contributed by atoms with Crippen LogP contribution in [-0.2, 0) is 4.84 Å². The van der Waals surface area contributed by atoms with Crippen LogP contribution in [-0.4, -0.2) is 34.2 Å². The number of fused-ring (bicyclic) bond motifs is 3. The molecule has 1 aromatic heterocycles. The second-order valence-corrected chi connectivity index (χ2v) is 4.73. The highest BCUT2D eigenvalue weighted by atomic mass is 16.9. The van der Waals surface area contributed by atoms with Gasteiger partial charge >= 0.3 is 0 Å². The molecule has 5 nitrogen and oxygen atoms in total. The van der Waals surface area contributed by atoms with E-state index in [1.807, 2.05) is 56.4 Å². The first kappa shape index (κ1) is 11.0. The van der Waals surface area contributed by atoms with Crippen molar-refractivity contribution in [3.8, 4) is 0 Å². The first-order valence-corrected chi connectivity index (χ1v) is 5.84. The SMILES string of the molecule is CC1=C(N(C)C)O[N+]([O-])=C2C=Cc3cccn3[C@@H]12. The molecule has 0 saturated carbocycles. The molecular weight excluding hydrogens is 230 g/mol. The predicted molar refractivity (Wildman–Crippen MR) is 68.6 cm³/mol. The van der Waals surface area contributed by atoms with Gasteiger partial charge in [0.05, 0.1) is 0 Å². The van der Waals surface area contributed by atoms with Crippen molar-refractivity contribution >= 4 is 11.8 Å². The zero-order chi connectivity index (χ0) is 12.9. The Hall–Kier alpha value is -2.17. The molecule has 0 bridgehead atoms. The normalized spacial score (nSPS) is 21.6. The summed E-state index contributed by atoms with van der Waals surface area (Å²) in [6.45, 7) is 2.00. The molecule has 1 atom stereocenters. The third-order valence-electron chi connectivity index (χ3n) is 3.33. The largest absolute Gasteiger partial charge is 0.367 e.